The number of hydrogen-bond donors (Lipinski definition) is 5. The number of piperidine rings is 1. The standard InChI is InChI=1S/C33H57N5O6/c1-13-15-20(24(40)28(42)34-16-14-2)35-27(41)22-21-19(33(21,11)12)17-38(22)29(43)26(32(8,9)10)37-30(44)36-25(31(5,6)7)23(39)18(3)4/h14,18-22,25-27,35,41H,2,13,15-17H2,1,3-12H3,(H,34,42)(H2,36,37,44)/t19-,20?,21-,22-,25+,26+,27?/m0/s1. The lowest BCUT2D eigenvalue weighted by Crippen LogP contribution is -2.63. The number of carbonyl (C=O) groups is 5. The van der Waals surface area contributed by atoms with Crippen molar-refractivity contribution in [3.63, 3.8) is 0 Å². The second-order valence-corrected chi connectivity index (χ2v) is 15.5. The van der Waals surface area contributed by atoms with Gasteiger partial charge in [0.15, 0.2) is 5.78 Å². The summed E-state index contributed by atoms with van der Waals surface area (Å²) in [7, 11) is 0. The highest BCUT2D eigenvalue weighted by atomic mass is 16.3. The molecule has 250 valence electrons. The normalized spacial score (nSPS) is 23.6. The van der Waals surface area contributed by atoms with E-state index in [4.69, 9.17) is 0 Å². The van der Waals surface area contributed by atoms with Crippen molar-refractivity contribution < 1.29 is 29.1 Å². The third-order valence-electron chi connectivity index (χ3n) is 9.15. The molecule has 11 nitrogen and oxygen atoms in total. The van der Waals surface area contributed by atoms with E-state index < -0.39 is 58.9 Å². The Kier molecular flexibility index (Phi) is 12.0. The lowest BCUT2D eigenvalue weighted by atomic mass is 9.81. The van der Waals surface area contributed by atoms with Crippen LogP contribution in [0.1, 0.15) is 89.0 Å². The third kappa shape index (κ3) is 8.47. The number of aliphatic hydroxyl groups is 1. The van der Waals surface area contributed by atoms with Gasteiger partial charge in [-0.2, -0.15) is 0 Å². The zero-order valence-corrected chi connectivity index (χ0v) is 28.7. The number of aliphatic hydroxyl groups excluding tert-OH is 1. The molecule has 0 bridgehead atoms. The lowest BCUT2D eigenvalue weighted by molar-refractivity contribution is -0.143. The highest BCUT2D eigenvalue weighted by Gasteiger charge is 2.69. The smallest absolute Gasteiger partial charge is 0.316 e. The van der Waals surface area contributed by atoms with Gasteiger partial charge in [-0.05, 0) is 34.5 Å². The zero-order chi connectivity index (χ0) is 33.9. The van der Waals surface area contributed by atoms with E-state index >= 15 is 0 Å². The lowest BCUT2D eigenvalue weighted by Gasteiger charge is -2.40. The van der Waals surface area contributed by atoms with Crippen molar-refractivity contribution >= 4 is 29.4 Å². The molecule has 0 aromatic rings. The van der Waals surface area contributed by atoms with Gasteiger partial charge in [-0.25, -0.2) is 4.79 Å². The molecule has 4 amide bonds. The molecule has 11 heteroatoms. The molecule has 2 unspecified atom stereocenters. The van der Waals surface area contributed by atoms with Crippen molar-refractivity contribution in [2.24, 2.45) is 34.0 Å². The second kappa shape index (κ2) is 14.1. The molecular formula is C33H57N5O6. The van der Waals surface area contributed by atoms with E-state index in [1.807, 2.05) is 48.5 Å². The molecule has 44 heavy (non-hydrogen) atoms. The number of ketones is 2. The summed E-state index contributed by atoms with van der Waals surface area (Å²) in [5.74, 6) is -2.10. The number of carbonyl (C=O) groups excluding carboxylic acids is 5. The maximum Gasteiger partial charge on any atom is 0.316 e. The van der Waals surface area contributed by atoms with E-state index in [9.17, 15) is 29.1 Å². The first kappa shape index (κ1) is 37.4. The zero-order valence-electron chi connectivity index (χ0n) is 28.7. The van der Waals surface area contributed by atoms with Crippen LogP contribution in [0.2, 0.25) is 0 Å². The van der Waals surface area contributed by atoms with Crippen LogP contribution in [-0.4, -0.2) is 82.9 Å². The number of hydrogen-bond acceptors (Lipinski definition) is 7. The minimum Gasteiger partial charge on any atom is -0.376 e. The van der Waals surface area contributed by atoms with Gasteiger partial charge in [0.05, 0.1) is 18.1 Å². The molecule has 0 aromatic carbocycles. The largest absolute Gasteiger partial charge is 0.376 e. The van der Waals surface area contributed by atoms with Gasteiger partial charge in [-0.15, -0.1) is 6.58 Å². The van der Waals surface area contributed by atoms with E-state index in [2.05, 4.69) is 41.7 Å². The number of rotatable bonds is 14. The quantitative estimate of drug-likeness (QED) is 0.114. The van der Waals surface area contributed by atoms with Crippen LogP contribution >= 0.6 is 0 Å². The van der Waals surface area contributed by atoms with E-state index in [0.29, 0.717) is 19.4 Å². The van der Waals surface area contributed by atoms with Crippen LogP contribution in [-0.2, 0) is 19.2 Å². The summed E-state index contributed by atoms with van der Waals surface area (Å²) in [6.07, 6.45) is 1.11. The minimum atomic E-state index is -1.29. The summed E-state index contributed by atoms with van der Waals surface area (Å²) >= 11 is 0. The highest BCUT2D eigenvalue weighted by Crippen LogP contribution is 2.65. The van der Waals surface area contributed by atoms with Gasteiger partial charge in [0.1, 0.15) is 12.3 Å². The van der Waals surface area contributed by atoms with Crippen LogP contribution in [0.3, 0.4) is 0 Å². The van der Waals surface area contributed by atoms with Crippen molar-refractivity contribution in [3.8, 4) is 0 Å². The molecule has 1 aliphatic heterocycles. The molecule has 2 fully saturated rings. The Balaban J connectivity index is 2.33. The molecule has 2 rings (SSSR count). The Morgan fingerprint density at radius 1 is 1.00 bits per heavy atom. The first-order valence-corrected chi connectivity index (χ1v) is 15.9. The van der Waals surface area contributed by atoms with Gasteiger partial charge >= 0.3 is 6.03 Å². The van der Waals surface area contributed by atoms with Crippen LogP contribution in [0.25, 0.3) is 0 Å². The average Bonchev–Trinajstić information content (AvgIpc) is 3.22. The maximum absolute atomic E-state index is 14.3. The Morgan fingerprint density at radius 3 is 2.02 bits per heavy atom. The summed E-state index contributed by atoms with van der Waals surface area (Å²) in [4.78, 5) is 67.5. The van der Waals surface area contributed by atoms with Crippen LogP contribution in [0.4, 0.5) is 4.79 Å². The summed E-state index contributed by atoms with van der Waals surface area (Å²) in [5, 5.41) is 22.7. The molecule has 7 atom stereocenters. The topological polar surface area (TPSA) is 157 Å². The SMILES string of the molecule is C=CCNC(=O)C(=O)C(CCC)NC(O)[C@@H]1[C@@H]2[C@H](CN1C(=O)[C@@H](NC(=O)N[C@H](C(=O)C(C)C)C(C)(C)C)C(C)(C)C)C2(C)C. The minimum absolute atomic E-state index is 0.0377. The van der Waals surface area contributed by atoms with E-state index in [1.165, 1.54) is 6.08 Å². The first-order valence-electron chi connectivity index (χ1n) is 15.9. The number of fused-ring (bicyclic) bond motifs is 1. The van der Waals surface area contributed by atoms with Gasteiger partial charge < -0.3 is 26.0 Å². The predicted molar refractivity (Wildman–Crippen MR) is 170 cm³/mol. The molecule has 1 saturated carbocycles. The van der Waals surface area contributed by atoms with Crippen molar-refractivity contribution in [2.45, 2.75) is 119 Å². The Morgan fingerprint density at radius 2 is 1.55 bits per heavy atom. The summed E-state index contributed by atoms with van der Waals surface area (Å²) in [6.45, 7) is 24.9. The van der Waals surface area contributed by atoms with E-state index in [-0.39, 0.29) is 41.4 Å². The average molecular weight is 620 g/mol. The van der Waals surface area contributed by atoms with Crippen LogP contribution < -0.4 is 21.3 Å². The van der Waals surface area contributed by atoms with Gasteiger partial charge in [0, 0.05) is 19.0 Å². The Hall–Kier alpha value is -2.79. The first-order chi connectivity index (χ1) is 20.1. The molecule has 0 radical (unpaired) electrons. The van der Waals surface area contributed by atoms with Crippen LogP contribution in [0, 0.1) is 34.0 Å². The van der Waals surface area contributed by atoms with Crippen LogP contribution in [0.15, 0.2) is 12.7 Å². The van der Waals surface area contributed by atoms with Crippen molar-refractivity contribution in [2.75, 3.05) is 13.1 Å². The van der Waals surface area contributed by atoms with Crippen molar-refractivity contribution in [3.05, 3.63) is 12.7 Å². The summed E-state index contributed by atoms with van der Waals surface area (Å²) in [6, 6.07) is -3.95. The number of amides is 4. The molecule has 0 aromatic heterocycles. The fourth-order valence-corrected chi connectivity index (χ4v) is 6.40. The van der Waals surface area contributed by atoms with Gasteiger partial charge in [-0.3, -0.25) is 24.5 Å². The number of Topliss-reactive ketones (excluding diaryl/α,β-unsaturated/α-hetero) is 2. The van der Waals surface area contributed by atoms with Gasteiger partial charge in [0.2, 0.25) is 11.7 Å². The van der Waals surface area contributed by atoms with Gasteiger partial charge in [0.25, 0.3) is 5.91 Å². The molecule has 2 aliphatic rings. The molecule has 0 spiro atoms. The fraction of sp³-hybridized carbons (Fsp3) is 0.788. The highest BCUT2D eigenvalue weighted by molar-refractivity contribution is 6.38. The summed E-state index contributed by atoms with van der Waals surface area (Å²) in [5.41, 5.74) is -1.38. The second-order valence-electron chi connectivity index (χ2n) is 15.5. The fourth-order valence-electron chi connectivity index (χ4n) is 6.40. The van der Waals surface area contributed by atoms with E-state index in [1.54, 1.807) is 18.7 Å². The molecule has 1 aliphatic carbocycles. The maximum atomic E-state index is 14.3. The number of nitrogens with zero attached hydrogens (tertiary/aromatic N) is 1. The summed E-state index contributed by atoms with van der Waals surface area (Å²) < 4.78 is 0. The van der Waals surface area contributed by atoms with Crippen molar-refractivity contribution in [1.82, 2.24) is 26.2 Å². The van der Waals surface area contributed by atoms with Crippen molar-refractivity contribution in [1.29, 1.82) is 0 Å². The monoisotopic (exact) mass is 619 g/mol. The van der Waals surface area contributed by atoms with E-state index in [0.717, 1.165) is 0 Å². The third-order valence-corrected chi connectivity index (χ3v) is 9.15. The molecule has 1 heterocycles. The molecular weight excluding hydrogens is 562 g/mol. The molecule has 5 N–H and O–H groups in total. The number of nitrogens with one attached hydrogen (secondary N) is 4. The van der Waals surface area contributed by atoms with Crippen LogP contribution in [0.5, 0.6) is 0 Å². The predicted octanol–water partition coefficient (Wildman–Crippen LogP) is 2.77. The number of likely N-dealkylation sites (tertiary alicyclic amines) is 1. The number of urea groups is 1. The van der Waals surface area contributed by atoms with Gasteiger partial charge in [-0.1, -0.05) is 88.7 Å². The Labute approximate surface area is 263 Å². The Bertz CT molecular complexity index is 1100. The molecule has 1 saturated heterocycles.